The standard InChI is InChI=1S/C9H16N3O2/c1-9(2,8(10)14)12-5-3-11(7-13)4-6-12/h3-6H2,1-2H3,(H2,10,14). The van der Waals surface area contributed by atoms with Crippen LogP contribution in [0.15, 0.2) is 0 Å². The fourth-order valence-corrected chi connectivity index (χ4v) is 1.51. The normalized spacial score (nSPS) is 19.4. The number of nitrogens with zero attached hydrogens (tertiary/aromatic N) is 2. The van der Waals surface area contributed by atoms with Gasteiger partial charge in [-0.1, -0.05) is 0 Å². The molecular weight excluding hydrogens is 182 g/mol. The van der Waals surface area contributed by atoms with E-state index in [1.54, 1.807) is 18.7 Å². The van der Waals surface area contributed by atoms with Crippen LogP contribution in [0, 0.1) is 0 Å². The molecule has 0 aromatic carbocycles. The summed E-state index contributed by atoms with van der Waals surface area (Å²) in [5.74, 6) is -0.332. The van der Waals surface area contributed by atoms with E-state index in [-0.39, 0.29) is 5.91 Å². The summed E-state index contributed by atoms with van der Waals surface area (Å²) < 4.78 is 0. The third kappa shape index (κ3) is 2.04. The topological polar surface area (TPSA) is 66.6 Å². The Morgan fingerprint density at radius 2 is 1.79 bits per heavy atom. The quantitative estimate of drug-likeness (QED) is 0.628. The van der Waals surface area contributed by atoms with Crippen molar-refractivity contribution in [2.45, 2.75) is 19.4 Å². The van der Waals surface area contributed by atoms with Gasteiger partial charge in [0, 0.05) is 26.2 Å². The molecule has 0 atom stereocenters. The lowest BCUT2D eigenvalue weighted by Gasteiger charge is -2.40. The lowest BCUT2D eigenvalue weighted by molar-refractivity contribution is -0.129. The second-order valence-corrected chi connectivity index (χ2v) is 3.99. The molecule has 0 bridgehead atoms. The van der Waals surface area contributed by atoms with Crippen molar-refractivity contribution in [2.24, 2.45) is 5.73 Å². The SMILES string of the molecule is CC(C)(C(N)=O)N1CCN([C]=O)CC1. The summed E-state index contributed by atoms with van der Waals surface area (Å²) in [7, 11) is 0. The summed E-state index contributed by atoms with van der Waals surface area (Å²) >= 11 is 0. The molecule has 14 heavy (non-hydrogen) atoms. The van der Waals surface area contributed by atoms with Crippen molar-refractivity contribution in [3.05, 3.63) is 0 Å². The molecule has 1 rings (SSSR count). The van der Waals surface area contributed by atoms with Gasteiger partial charge in [0.05, 0.1) is 5.54 Å². The third-order valence-electron chi connectivity index (χ3n) is 2.80. The number of piperazine rings is 1. The van der Waals surface area contributed by atoms with Gasteiger partial charge in [-0.25, -0.2) is 0 Å². The molecule has 0 aromatic heterocycles. The fraction of sp³-hybridized carbons (Fsp3) is 0.778. The smallest absolute Gasteiger partial charge is 0.312 e. The Morgan fingerprint density at radius 1 is 1.29 bits per heavy atom. The third-order valence-corrected chi connectivity index (χ3v) is 2.80. The first-order valence-corrected chi connectivity index (χ1v) is 4.66. The van der Waals surface area contributed by atoms with Crippen LogP contribution in [-0.2, 0) is 9.59 Å². The second kappa shape index (κ2) is 3.96. The van der Waals surface area contributed by atoms with Crippen molar-refractivity contribution in [2.75, 3.05) is 26.2 Å². The molecule has 2 amide bonds. The monoisotopic (exact) mass is 198 g/mol. The number of hydrogen-bond acceptors (Lipinski definition) is 3. The van der Waals surface area contributed by atoms with Crippen LogP contribution in [0.5, 0.6) is 0 Å². The molecular formula is C9H16N3O2. The van der Waals surface area contributed by atoms with Gasteiger partial charge in [-0.05, 0) is 13.8 Å². The average molecular weight is 198 g/mol. The number of rotatable bonds is 3. The highest BCUT2D eigenvalue weighted by molar-refractivity contribution is 5.83. The molecule has 1 heterocycles. The van der Waals surface area contributed by atoms with Crippen LogP contribution in [0.25, 0.3) is 0 Å². The van der Waals surface area contributed by atoms with E-state index in [1.165, 1.54) is 0 Å². The number of hydrogen-bond donors (Lipinski definition) is 1. The predicted octanol–water partition coefficient (Wildman–Crippen LogP) is -1.06. The Kier molecular flexibility index (Phi) is 3.10. The molecule has 0 aliphatic carbocycles. The molecule has 79 valence electrons. The van der Waals surface area contributed by atoms with Crippen LogP contribution >= 0.6 is 0 Å². The molecule has 0 aromatic rings. The van der Waals surface area contributed by atoms with Gasteiger partial charge in [-0.15, -0.1) is 0 Å². The zero-order chi connectivity index (χ0) is 10.8. The maximum Gasteiger partial charge on any atom is 0.312 e. The Bertz CT molecular complexity index is 232. The van der Waals surface area contributed by atoms with Crippen LogP contribution in [0.1, 0.15) is 13.8 Å². The molecule has 5 heteroatoms. The van der Waals surface area contributed by atoms with E-state index >= 15 is 0 Å². The number of nitrogens with two attached hydrogens (primary N) is 1. The van der Waals surface area contributed by atoms with E-state index in [0.717, 1.165) is 0 Å². The summed E-state index contributed by atoms with van der Waals surface area (Å²) in [5.41, 5.74) is 4.67. The van der Waals surface area contributed by atoms with Crippen molar-refractivity contribution in [1.29, 1.82) is 0 Å². The first-order chi connectivity index (χ1) is 6.48. The van der Waals surface area contributed by atoms with Crippen molar-refractivity contribution in [3.8, 4) is 0 Å². The molecule has 0 unspecified atom stereocenters. The molecule has 1 aliphatic heterocycles. The van der Waals surface area contributed by atoms with E-state index in [0.29, 0.717) is 26.2 Å². The lowest BCUT2D eigenvalue weighted by atomic mass is 10.0. The summed E-state index contributed by atoms with van der Waals surface area (Å²) in [6.07, 6.45) is 1.85. The minimum absolute atomic E-state index is 0.332. The van der Waals surface area contributed by atoms with E-state index in [1.807, 2.05) is 11.3 Å². The molecule has 1 aliphatic rings. The van der Waals surface area contributed by atoms with Gasteiger partial charge in [-0.2, -0.15) is 0 Å². The van der Waals surface area contributed by atoms with E-state index in [4.69, 9.17) is 5.73 Å². The van der Waals surface area contributed by atoms with Crippen molar-refractivity contribution in [3.63, 3.8) is 0 Å². The van der Waals surface area contributed by atoms with Gasteiger partial charge < -0.3 is 10.6 Å². The van der Waals surface area contributed by atoms with Crippen LogP contribution in [0.3, 0.4) is 0 Å². The van der Waals surface area contributed by atoms with Gasteiger partial charge in [0.2, 0.25) is 5.91 Å². The summed E-state index contributed by atoms with van der Waals surface area (Å²) in [5, 5.41) is 0. The van der Waals surface area contributed by atoms with Crippen LogP contribution in [-0.4, -0.2) is 53.8 Å². The first-order valence-electron chi connectivity index (χ1n) is 4.66. The molecule has 1 fully saturated rings. The Hall–Kier alpha value is -1.10. The number of carbonyl (C=O) groups is 1. The maximum atomic E-state index is 11.2. The highest BCUT2D eigenvalue weighted by atomic mass is 16.2. The van der Waals surface area contributed by atoms with Crippen molar-refractivity contribution in [1.82, 2.24) is 9.80 Å². The van der Waals surface area contributed by atoms with Gasteiger partial charge in [0.25, 0.3) is 0 Å². The van der Waals surface area contributed by atoms with Crippen LogP contribution in [0.2, 0.25) is 0 Å². The maximum absolute atomic E-state index is 11.2. The summed E-state index contributed by atoms with van der Waals surface area (Å²) in [6.45, 7) is 6.17. The zero-order valence-corrected chi connectivity index (χ0v) is 8.62. The number of carbonyl (C=O) groups excluding carboxylic acids is 2. The Labute approximate surface area is 83.8 Å². The zero-order valence-electron chi connectivity index (χ0n) is 8.62. The van der Waals surface area contributed by atoms with Crippen LogP contribution in [0.4, 0.5) is 0 Å². The van der Waals surface area contributed by atoms with Gasteiger partial charge >= 0.3 is 6.41 Å². The van der Waals surface area contributed by atoms with Crippen LogP contribution < -0.4 is 5.73 Å². The molecule has 0 saturated carbocycles. The Balaban J connectivity index is 2.57. The molecule has 1 saturated heterocycles. The highest BCUT2D eigenvalue weighted by Gasteiger charge is 2.34. The van der Waals surface area contributed by atoms with Crippen molar-refractivity contribution >= 4 is 12.3 Å². The lowest BCUT2D eigenvalue weighted by Crippen LogP contribution is -2.59. The van der Waals surface area contributed by atoms with Crippen molar-refractivity contribution < 1.29 is 9.59 Å². The average Bonchev–Trinajstić information content (AvgIpc) is 2.17. The van der Waals surface area contributed by atoms with Gasteiger partial charge in [0.1, 0.15) is 0 Å². The fourth-order valence-electron chi connectivity index (χ4n) is 1.51. The van der Waals surface area contributed by atoms with Gasteiger partial charge in [-0.3, -0.25) is 14.5 Å². The minimum Gasteiger partial charge on any atom is -0.368 e. The second-order valence-electron chi connectivity index (χ2n) is 3.99. The highest BCUT2D eigenvalue weighted by Crippen LogP contribution is 2.15. The van der Waals surface area contributed by atoms with E-state index in [9.17, 15) is 9.59 Å². The molecule has 1 radical (unpaired) electrons. The molecule has 5 nitrogen and oxygen atoms in total. The van der Waals surface area contributed by atoms with Gasteiger partial charge in [0.15, 0.2) is 0 Å². The minimum atomic E-state index is -0.630. The van der Waals surface area contributed by atoms with E-state index in [2.05, 4.69) is 0 Å². The number of amides is 2. The Morgan fingerprint density at radius 3 is 2.14 bits per heavy atom. The summed E-state index contributed by atoms with van der Waals surface area (Å²) in [4.78, 5) is 25.1. The number of primary amides is 1. The largest absolute Gasteiger partial charge is 0.368 e. The predicted molar refractivity (Wildman–Crippen MR) is 52.1 cm³/mol. The first kappa shape index (κ1) is 11.0. The molecule has 2 N–H and O–H groups in total. The summed E-state index contributed by atoms with van der Waals surface area (Å²) in [6, 6.07) is 0. The molecule has 0 spiro atoms. The van der Waals surface area contributed by atoms with E-state index < -0.39 is 5.54 Å².